The van der Waals surface area contributed by atoms with Crippen LogP contribution in [0.5, 0.6) is 0 Å². The molecule has 1 heterocycles. The molecule has 0 radical (unpaired) electrons. The van der Waals surface area contributed by atoms with Crippen LogP contribution in [0.1, 0.15) is 11.3 Å². The Hall–Kier alpha value is -2.26. The van der Waals surface area contributed by atoms with Crippen LogP contribution in [0.2, 0.25) is 0 Å². The number of aliphatic imine (C=N–C) groups is 1. The van der Waals surface area contributed by atoms with Crippen LogP contribution in [0.4, 0.5) is 5.88 Å². The van der Waals surface area contributed by atoms with Gasteiger partial charge in [0.25, 0.3) is 5.69 Å². The maximum absolute atomic E-state index is 8.45. The number of benzene rings is 1. The standard InChI is InChI=1S/C12H12N4O/c1-10-12(14-9-13)17-15-16(10)8-7-11-5-3-2-4-6-11/h2-6H,7-8H2,1H3. The van der Waals surface area contributed by atoms with Crippen molar-refractivity contribution >= 4 is 11.9 Å². The number of hydrogen-bond donors (Lipinski definition) is 0. The average molecular weight is 228 g/mol. The summed E-state index contributed by atoms with van der Waals surface area (Å²) < 4.78 is 6.66. The largest absolute Gasteiger partial charge is 0.422 e. The van der Waals surface area contributed by atoms with Gasteiger partial charge in [0.2, 0.25) is 5.88 Å². The summed E-state index contributed by atoms with van der Waals surface area (Å²) in [6, 6.07) is 11.8. The number of aryl methyl sites for hydroxylation is 2. The molecular formula is C12H12N4O. The van der Waals surface area contributed by atoms with Gasteiger partial charge < -0.3 is 14.9 Å². The molecule has 2 aromatic rings. The Bertz CT molecular complexity index is 541. The molecule has 0 aliphatic carbocycles. The van der Waals surface area contributed by atoms with Gasteiger partial charge in [0.05, 0.1) is 0 Å². The minimum Gasteiger partial charge on any atom is -0.422 e. The highest BCUT2D eigenvalue weighted by atomic mass is 16.5. The molecule has 0 atom stereocenters. The summed E-state index contributed by atoms with van der Waals surface area (Å²) in [6.45, 7) is 2.54. The van der Waals surface area contributed by atoms with Gasteiger partial charge in [-0.2, -0.15) is 0 Å². The molecule has 5 heteroatoms. The smallest absolute Gasteiger partial charge is 0.251 e. The lowest BCUT2D eigenvalue weighted by atomic mass is 10.1. The molecule has 0 N–H and O–H groups in total. The number of nitrogens with zero attached hydrogens (tertiary/aromatic N) is 4. The van der Waals surface area contributed by atoms with Crippen LogP contribution in [0, 0.1) is 6.92 Å². The first kappa shape index (κ1) is 11.2. The molecule has 0 aliphatic heterocycles. The fraction of sp³-hybridized carbons (Fsp3) is 0.250. The lowest BCUT2D eigenvalue weighted by Gasteiger charge is -1.94. The van der Waals surface area contributed by atoms with E-state index in [2.05, 4.69) is 22.4 Å². The maximum atomic E-state index is 8.45. The third-order valence-corrected chi connectivity index (χ3v) is 2.53. The molecular weight excluding hydrogens is 216 g/mol. The van der Waals surface area contributed by atoms with E-state index in [4.69, 9.17) is 9.93 Å². The van der Waals surface area contributed by atoms with E-state index in [1.807, 2.05) is 25.1 Å². The molecule has 0 saturated carbocycles. The van der Waals surface area contributed by atoms with E-state index in [-0.39, 0.29) is 5.88 Å². The predicted molar refractivity (Wildman–Crippen MR) is 62.0 cm³/mol. The summed E-state index contributed by atoms with van der Waals surface area (Å²) in [5.74, 6) is 0.278. The summed E-state index contributed by atoms with van der Waals surface area (Å²) in [7, 11) is 0. The zero-order valence-electron chi connectivity index (χ0n) is 9.50. The molecule has 0 spiro atoms. The lowest BCUT2D eigenvalue weighted by Crippen LogP contribution is -2.39. The molecule has 0 saturated heterocycles. The highest BCUT2D eigenvalue weighted by Gasteiger charge is 2.15. The van der Waals surface area contributed by atoms with Gasteiger partial charge in [-0.05, 0) is 10.2 Å². The second kappa shape index (κ2) is 5.18. The summed E-state index contributed by atoms with van der Waals surface area (Å²) in [5, 5.41) is 12.3. The third kappa shape index (κ3) is 2.65. The van der Waals surface area contributed by atoms with E-state index < -0.39 is 0 Å². The van der Waals surface area contributed by atoms with Gasteiger partial charge in [-0.3, -0.25) is 0 Å². The van der Waals surface area contributed by atoms with Crippen molar-refractivity contribution in [2.24, 2.45) is 4.99 Å². The molecule has 0 aliphatic rings. The first-order valence-electron chi connectivity index (χ1n) is 5.31. The molecule has 0 bridgehead atoms. The van der Waals surface area contributed by atoms with E-state index in [1.165, 1.54) is 5.56 Å². The van der Waals surface area contributed by atoms with Crippen LogP contribution in [0.25, 0.3) is 5.41 Å². The van der Waals surface area contributed by atoms with Crippen LogP contribution in [-0.4, -0.2) is 11.3 Å². The molecule has 0 amide bonds. The summed E-state index contributed by atoms with van der Waals surface area (Å²) in [5.41, 5.74) is 2.00. The van der Waals surface area contributed by atoms with Crippen molar-refractivity contribution in [1.29, 1.82) is 0 Å². The second-order valence-electron chi connectivity index (χ2n) is 3.63. The predicted octanol–water partition coefficient (Wildman–Crippen LogP) is 1.89. The normalized spacial score (nSPS) is 9.94. The first-order chi connectivity index (χ1) is 8.31. The van der Waals surface area contributed by atoms with Crippen LogP contribution < -0.4 is 4.68 Å². The van der Waals surface area contributed by atoms with Crippen LogP contribution in [0.15, 0.2) is 39.8 Å². The Labute approximate surface area is 98.9 Å². The van der Waals surface area contributed by atoms with Gasteiger partial charge in [-0.1, -0.05) is 30.3 Å². The SMILES string of the molecule is Cc1c(N=C=[N-])on[n+]1CCc1ccccc1. The van der Waals surface area contributed by atoms with Crippen molar-refractivity contribution < 1.29 is 9.20 Å². The van der Waals surface area contributed by atoms with Gasteiger partial charge in [0.15, 0.2) is 11.8 Å². The van der Waals surface area contributed by atoms with Crippen molar-refractivity contribution in [3.8, 4) is 0 Å². The Balaban J connectivity index is 2.07. The van der Waals surface area contributed by atoms with Gasteiger partial charge in [-0.15, -0.1) is 6.01 Å². The molecule has 0 unspecified atom stereocenters. The van der Waals surface area contributed by atoms with E-state index in [9.17, 15) is 0 Å². The first-order valence-corrected chi connectivity index (χ1v) is 5.31. The van der Waals surface area contributed by atoms with Crippen molar-refractivity contribution in [3.05, 3.63) is 47.0 Å². The molecule has 1 aromatic heterocycles. The minimum absolute atomic E-state index is 0.278. The number of aromatic nitrogens is 2. The lowest BCUT2D eigenvalue weighted by molar-refractivity contribution is -0.766. The fourth-order valence-corrected chi connectivity index (χ4v) is 1.56. The van der Waals surface area contributed by atoms with Gasteiger partial charge in [0.1, 0.15) is 0 Å². The van der Waals surface area contributed by atoms with Crippen molar-refractivity contribution in [2.75, 3.05) is 0 Å². The highest BCUT2D eigenvalue weighted by Crippen LogP contribution is 2.11. The zero-order chi connectivity index (χ0) is 12.1. The van der Waals surface area contributed by atoms with Crippen molar-refractivity contribution in [3.63, 3.8) is 0 Å². The average Bonchev–Trinajstić information content (AvgIpc) is 2.70. The molecule has 5 nitrogen and oxygen atoms in total. The van der Waals surface area contributed by atoms with Crippen LogP contribution in [-0.2, 0) is 13.0 Å². The van der Waals surface area contributed by atoms with Crippen molar-refractivity contribution in [1.82, 2.24) is 5.27 Å². The van der Waals surface area contributed by atoms with E-state index in [0.717, 1.165) is 12.1 Å². The van der Waals surface area contributed by atoms with Crippen molar-refractivity contribution in [2.45, 2.75) is 19.9 Å². The Morgan fingerprint density at radius 1 is 1.41 bits per heavy atom. The second-order valence-corrected chi connectivity index (χ2v) is 3.63. The summed E-state index contributed by atoms with van der Waals surface area (Å²) >= 11 is 0. The quantitative estimate of drug-likeness (QED) is 0.592. The van der Waals surface area contributed by atoms with E-state index in [0.29, 0.717) is 6.54 Å². The topological polar surface area (TPSA) is 64.6 Å². The number of rotatable bonds is 4. The molecule has 0 fully saturated rings. The molecule has 1 aromatic carbocycles. The third-order valence-electron chi connectivity index (χ3n) is 2.53. The van der Waals surface area contributed by atoms with Crippen LogP contribution >= 0.6 is 0 Å². The Morgan fingerprint density at radius 2 is 2.18 bits per heavy atom. The fourth-order valence-electron chi connectivity index (χ4n) is 1.56. The van der Waals surface area contributed by atoms with E-state index >= 15 is 0 Å². The number of hydrogen-bond acceptors (Lipinski definition) is 3. The molecule has 2 rings (SSSR count). The highest BCUT2D eigenvalue weighted by molar-refractivity contribution is 5.51. The Morgan fingerprint density at radius 3 is 2.88 bits per heavy atom. The zero-order valence-corrected chi connectivity index (χ0v) is 9.50. The Kier molecular flexibility index (Phi) is 3.43. The van der Waals surface area contributed by atoms with E-state index in [1.54, 1.807) is 10.7 Å². The van der Waals surface area contributed by atoms with Crippen LogP contribution in [0.3, 0.4) is 0 Å². The van der Waals surface area contributed by atoms with Gasteiger partial charge in [-0.25, -0.2) is 0 Å². The summed E-state index contributed by atoms with van der Waals surface area (Å²) in [4.78, 5) is 3.54. The maximum Gasteiger partial charge on any atom is 0.251 e. The summed E-state index contributed by atoms with van der Waals surface area (Å²) in [6.07, 6.45) is 0.866. The monoisotopic (exact) mass is 228 g/mol. The molecule has 17 heavy (non-hydrogen) atoms. The van der Waals surface area contributed by atoms with Gasteiger partial charge in [0, 0.05) is 13.3 Å². The minimum atomic E-state index is 0.278. The molecule has 86 valence electrons. The van der Waals surface area contributed by atoms with Gasteiger partial charge >= 0.3 is 0 Å².